The first kappa shape index (κ1) is 27.7. The summed E-state index contributed by atoms with van der Waals surface area (Å²) in [6, 6.07) is 0. The van der Waals surface area contributed by atoms with Crippen molar-refractivity contribution >= 4 is 17.7 Å². The Bertz CT molecular complexity index is 1090. The van der Waals surface area contributed by atoms with Crippen LogP contribution in [0.15, 0.2) is 11.6 Å². The van der Waals surface area contributed by atoms with Crippen molar-refractivity contribution in [3.05, 3.63) is 11.6 Å². The molecule has 13 atom stereocenters. The lowest BCUT2D eigenvalue weighted by atomic mass is 9.38. The molecule has 0 aromatic carbocycles. The molecule has 4 fully saturated rings. The van der Waals surface area contributed by atoms with Gasteiger partial charge in [-0.2, -0.15) is 0 Å². The molecule has 2 saturated heterocycles. The molecule has 212 valence electrons. The van der Waals surface area contributed by atoms with Gasteiger partial charge in [-0.25, -0.2) is 4.79 Å². The quantitative estimate of drug-likeness (QED) is 0.356. The molecule has 5 aliphatic rings. The molecule has 1 spiro atoms. The van der Waals surface area contributed by atoms with Crippen molar-refractivity contribution in [3.8, 4) is 0 Å². The smallest absolute Gasteiger partial charge is 0.350 e. The van der Waals surface area contributed by atoms with Gasteiger partial charge >= 0.3 is 11.9 Å². The zero-order chi connectivity index (χ0) is 28.2. The standard InChI is InChI=1S/C27H38O11/c1-7-24(4,38-12(3)28)23(34)37-17-19-26(6)21(32)16(30)18-25(5)13(11(2)8-14(29)20(25)31)9-15(36-22(17)33)27(18,19)10-35-26/h8,13,15-22,30-33H,7,9-10H2,1-6H3/t13-,15+,16+,17+,18+,19-,20+,21-,22?,24+,25-,26-,27+/m0/s1. The topological polar surface area (TPSA) is 169 Å². The van der Waals surface area contributed by atoms with Gasteiger partial charge in [0.1, 0.15) is 17.8 Å². The molecular formula is C27H38O11. The maximum atomic E-state index is 13.4. The van der Waals surface area contributed by atoms with Gasteiger partial charge in [0.05, 0.1) is 18.8 Å². The van der Waals surface area contributed by atoms with E-state index in [1.807, 2.05) is 0 Å². The summed E-state index contributed by atoms with van der Waals surface area (Å²) in [5.74, 6) is -4.23. The minimum atomic E-state index is -1.63. The van der Waals surface area contributed by atoms with Gasteiger partial charge in [0.2, 0.25) is 5.60 Å². The largest absolute Gasteiger partial charge is 0.454 e. The number of hydrogen-bond donors (Lipinski definition) is 4. The summed E-state index contributed by atoms with van der Waals surface area (Å²) in [4.78, 5) is 37.9. The molecule has 3 aliphatic carbocycles. The predicted molar refractivity (Wildman–Crippen MR) is 128 cm³/mol. The molecule has 4 N–H and O–H groups in total. The van der Waals surface area contributed by atoms with Gasteiger partial charge < -0.3 is 39.4 Å². The summed E-state index contributed by atoms with van der Waals surface area (Å²) < 4.78 is 23.4. The van der Waals surface area contributed by atoms with E-state index in [1.54, 1.807) is 27.7 Å². The van der Waals surface area contributed by atoms with Crippen LogP contribution in [-0.2, 0) is 33.3 Å². The lowest BCUT2D eigenvalue weighted by Crippen LogP contribution is -2.79. The third-order valence-corrected chi connectivity index (χ3v) is 10.5. The number of aliphatic hydroxyl groups excluding tert-OH is 4. The molecule has 0 radical (unpaired) electrons. The second-order valence-electron chi connectivity index (χ2n) is 12.4. The van der Waals surface area contributed by atoms with Crippen molar-refractivity contribution in [2.45, 2.75) is 102 Å². The summed E-state index contributed by atoms with van der Waals surface area (Å²) in [6.07, 6.45) is -6.18. The summed E-state index contributed by atoms with van der Waals surface area (Å²) in [6.45, 7) is 9.34. The van der Waals surface area contributed by atoms with Gasteiger partial charge in [0, 0.05) is 29.6 Å². The number of ether oxygens (including phenoxy) is 4. The summed E-state index contributed by atoms with van der Waals surface area (Å²) in [7, 11) is 0. The molecule has 2 heterocycles. The fourth-order valence-electron chi connectivity index (χ4n) is 8.65. The Morgan fingerprint density at radius 1 is 1.18 bits per heavy atom. The van der Waals surface area contributed by atoms with Crippen LogP contribution < -0.4 is 0 Å². The molecule has 11 nitrogen and oxygen atoms in total. The van der Waals surface area contributed by atoms with Gasteiger partial charge in [-0.15, -0.1) is 0 Å². The Balaban J connectivity index is 1.64. The maximum absolute atomic E-state index is 13.4. The number of hydrogen-bond acceptors (Lipinski definition) is 11. The van der Waals surface area contributed by atoms with E-state index in [4.69, 9.17) is 18.9 Å². The molecule has 1 unspecified atom stereocenters. The minimum absolute atomic E-state index is 0.0145. The van der Waals surface area contributed by atoms with Crippen LogP contribution in [0.3, 0.4) is 0 Å². The Kier molecular flexibility index (Phi) is 6.23. The van der Waals surface area contributed by atoms with E-state index in [-0.39, 0.29) is 18.9 Å². The van der Waals surface area contributed by atoms with E-state index in [0.29, 0.717) is 6.42 Å². The summed E-state index contributed by atoms with van der Waals surface area (Å²) in [5.41, 5.74) is -4.69. The van der Waals surface area contributed by atoms with Crippen molar-refractivity contribution in [1.82, 2.24) is 0 Å². The van der Waals surface area contributed by atoms with Crippen LogP contribution in [0.1, 0.15) is 54.4 Å². The number of carbonyl (C=O) groups is 3. The highest BCUT2D eigenvalue weighted by Gasteiger charge is 2.82. The van der Waals surface area contributed by atoms with Gasteiger partial charge in [0.15, 0.2) is 18.2 Å². The SMILES string of the molecule is CC[C@@](C)(OC(C)=O)C(=O)O[C@H]1C(O)O[C@@H]2C[C@H]3C(C)=CC(=O)[C@@H](O)[C@]3(C)[C@H]3[C@@H](O)[C@H](O)[C@@]4(C)OC[C@]32[C@@H]14. The molecule has 0 amide bonds. The highest BCUT2D eigenvalue weighted by molar-refractivity contribution is 5.96. The lowest BCUT2D eigenvalue weighted by Gasteiger charge is -2.69. The van der Waals surface area contributed by atoms with Crippen LogP contribution in [0.5, 0.6) is 0 Å². The summed E-state index contributed by atoms with van der Waals surface area (Å²) >= 11 is 0. The number of ketones is 1. The number of fused-ring (bicyclic) bond motifs is 2. The van der Waals surface area contributed by atoms with Crippen LogP contribution in [-0.4, -0.2) is 92.8 Å². The molecular weight excluding hydrogens is 500 g/mol. The van der Waals surface area contributed by atoms with Crippen molar-refractivity contribution < 1.29 is 53.8 Å². The van der Waals surface area contributed by atoms with E-state index in [2.05, 4.69) is 0 Å². The lowest BCUT2D eigenvalue weighted by molar-refractivity contribution is -0.355. The first-order chi connectivity index (χ1) is 17.6. The number of esters is 2. The van der Waals surface area contributed by atoms with Gasteiger partial charge in [-0.05, 0) is 45.6 Å². The zero-order valence-corrected chi connectivity index (χ0v) is 22.5. The average molecular weight is 539 g/mol. The number of aliphatic hydroxyl groups is 4. The van der Waals surface area contributed by atoms with E-state index in [1.165, 1.54) is 19.9 Å². The van der Waals surface area contributed by atoms with Crippen LogP contribution in [0.25, 0.3) is 0 Å². The van der Waals surface area contributed by atoms with Crippen molar-refractivity contribution in [2.24, 2.45) is 28.6 Å². The Morgan fingerprint density at radius 3 is 2.45 bits per heavy atom. The van der Waals surface area contributed by atoms with E-state index >= 15 is 0 Å². The molecule has 2 saturated carbocycles. The molecule has 5 rings (SSSR count). The number of rotatable bonds is 4. The first-order valence-electron chi connectivity index (χ1n) is 13.2. The monoisotopic (exact) mass is 538 g/mol. The Morgan fingerprint density at radius 2 is 1.84 bits per heavy atom. The third kappa shape index (κ3) is 3.26. The Labute approximate surface area is 221 Å². The second kappa shape index (κ2) is 8.55. The van der Waals surface area contributed by atoms with Crippen LogP contribution >= 0.6 is 0 Å². The normalized spacial score (nSPS) is 50.7. The summed E-state index contributed by atoms with van der Waals surface area (Å²) in [5, 5.41) is 45.6. The fourth-order valence-corrected chi connectivity index (χ4v) is 8.65. The predicted octanol–water partition coefficient (Wildman–Crippen LogP) is 0.00640. The molecule has 0 aromatic heterocycles. The highest BCUT2D eigenvalue weighted by Crippen LogP contribution is 2.72. The van der Waals surface area contributed by atoms with Crippen LogP contribution in [0, 0.1) is 28.6 Å². The van der Waals surface area contributed by atoms with Crippen molar-refractivity contribution in [1.29, 1.82) is 0 Å². The van der Waals surface area contributed by atoms with Gasteiger partial charge in [0.25, 0.3) is 0 Å². The average Bonchev–Trinajstić information content (AvgIpc) is 3.11. The highest BCUT2D eigenvalue weighted by atomic mass is 16.7. The van der Waals surface area contributed by atoms with E-state index in [9.17, 15) is 34.8 Å². The van der Waals surface area contributed by atoms with E-state index in [0.717, 1.165) is 5.57 Å². The molecule has 38 heavy (non-hydrogen) atoms. The molecule has 2 aliphatic heterocycles. The van der Waals surface area contributed by atoms with Gasteiger partial charge in [-0.3, -0.25) is 9.59 Å². The van der Waals surface area contributed by atoms with Crippen molar-refractivity contribution in [3.63, 3.8) is 0 Å². The molecule has 11 heteroatoms. The second-order valence-corrected chi connectivity index (χ2v) is 12.4. The van der Waals surface area contributed by atoms with Crippen LogP contribution in [0.4, 0.5) is 0 Å². The van der Waals surface area contributed by atoms with Crippen molar-refractivity contribution in [2.75, 3.05) is 6.61 Å². The van der Waals surface area contributed by atoms with Crippen LogP contribution in [0.2, 0.25) is 0 Å². The number of carbonyl (C=O) groups excluding carboxylic acids is 3. The number of allylic oxidation sites excluding steroid dienone is 1. The fraction of sp³-hybridized carbons (Fsp3) is 0.815. The van der Waals surface area contributed by atoms with E-state index < -0.39 is 88.4 Å². The van der Waals surface area contributed by atoms with Gasteiger partial charge in [-0.1, -0.05) is 19.4 Å². The maximum Gasteiger partial charge on any atom is 0.350 e. The molecule has 2 bridgehead atoms. The third-order valence-electron chi connectivity index (χ3n) is 10.5. The molecule has 0 aromatic rings. The minimum Gasteiger partial charge on any atom is -0.454 e. The Hall–Kier alpha value is -1.89. The first-order valence-corrected chi connectivity index (χ1v) is 13.2. The zero-order valence-electron chi connectivity index (χ0n) is 22.5.